The van der Waals surface area contributed by atoms with E-state index < -0.39 is 0 Å². The quantitative estimate of drug-likeness (QED) is 0.672. The van der Waals surface area contributed by atoms with Crippen LogP contribution in [0, 0.1) is 0 Å². The molecule has 0 fully saturated rings. The molecule has 5 nitrogen and oxygen atoms in total. The molecule has 1 atom stereocenters. The third-order valence-electron chi connectivity index (χ3n) is 3.04. The second-order valence-corrected chi connectivity index (χ2v) is 5.52. The number of rotatable bonds is 7. The highest BCUT2D eigenvalue weighted by molar-refractivity contribution is 5.94. The van der Waals surface area contributed by atoms with E-state index in [1.807, 2.05) is 32.9 Å². The lowest BCUT2D eigenvalue weighted by Gasteiger charge is -2.12. The summed E-state index contributed by atoms with van der Waals surface area (Å²) in [6.07, 6.45) is 2.07. The van der Waals surface area contributed by atoms with Crippen LogP contribution in [0.25, 0.3) is 0 Å². The summed E-state index contributed by atoms with van der Waals surface area (Å²) in [6, 6.07) is 7.01. The Hall–Kier alpha value is -2.14. The zero-order chi connectivity index (χ0) is 16.5. The zero-order valence-corrected chi connectivity index (χ0v) is 13.3. The Kier molecular flexibility index (Phi) is 7.32. The van der Waals surface area contributed by atoms with Crippen LogP contribution in [0.2, 0.25) is 0 Å². The maximum Gasteiger partial charge on any atom is 0.251 e. The van der Waals surface area contributed by atoms with Crippen LogP contribution >= 0.6 is 0 Å². The van der Waals surface area contributed by atoms with Crippen molar-refractivity contribution in [2.75, 3.05) is 6.61 Å². The maximum absolute atomic E-state index is 12.0. The van der Waals surface area contributed by atoms with E-state index in [1.54, 1.807) is 18.2 Å². The molecule has 0 spiro atoms. The number of carbonyl (C=O) groups is 2. The molecule has 0 aliphatic heterocycles. The van der Waals surface area contributed by atoms with Crippen molar-refractivity contribution in [2.45, 2.75) is 39.8 Å². The molecule has 0 radical (unpaired) electrons. The van der Waals surface area contributed by atoms with Crippen LogP contribution in [-0.4, -0.2) is 29.6 Å². The Morgan fingerprint density at radius 1 is 1.23 bits per heavy atom. The number of hydrogen-bond donors (Lipinski definition) is 3. The van der Waals surface area contributed by atoms with Crippen LogP contribution in [0.1, 0.15) is 43.1 Å². The topological polar surface area (TPSA) is 78.4 Å². The molecule has 0 aromatic heterocycles. The van der Waals surface area contributed by atoms with Crippen LogP contribution in [0.15, 0.2) is 35.9 Å². The number of allylic oxidation sites excluding steroid dienone is 1. The van der Waals surface area contributed by atoms with Gasteiger partial charge in [-0.3, -0.25) is 9.59 Å². The van der Waals surface area contributed by atoms with Gasteiger partial charge in [0.1, 0.15) is 0 Å². The average Bonchev–Trinajstić information content (AvgIpc) is 2.45. The summed E-state index contributed by atoms with van der Waals surface area (Å²) in [6.45, 7) is 6.05. The molecular formula is C17H24N2O3. The highest BCUT2D eigenvalue weighted by Crippen LogP contribution is 2.05. The second kappa shape index (κ2) is 9.00. The summed E-state index contributed by atoms with van der Waals surface area (Å²) in [5, 5.41) is 14.4. The molecule has 1 aromatic carbocycles. The lowest BCUT2D eigenvalue weighted by atomic mass is 10.1. The van der Waals surface area contributed by atoms with E-state index in [0.717, 1.165) is 11.1 Å². The van der Waals surface area contributed by atoms with E-state index in [4.69, 9.17) is 5.11 Å². The van der Waals surface area contributed by atoms with E-state index in [0.29, 0.717) is 18.5 Å². The smallest absolute Gasteiger partial charge is 0.251 e. The van der Waals surface area contributed by atoms with Gasteiger partial charge in [0, 0.05) is 30.8 Å². The number of aliphatic hydroxyl groups is 1. The molecule has 0 aliphatic carbocycles. The van der Waals surface area contributed by atoms with E-state index in [-0.39, 0.29) is 24.5 Å². The van der Waals surface area contributed by atoms with E-state index >= 15 is 0 Å². The van der Waals surface area contributed by atoms with Gasteiger partial charge in [-0.1, -0.05) is 17.7 Å². The highest BCUT2D eigenvalue weighted by atomic mass is 16.3. The first-order valence-corrected chi connectivity index (χ1v) is 7.35. The van der Waals surface area contributed by atoms with Gasteiger partial charge in [0.15, 0.2) is 0 Å². The third kappa shape index (κ3) is 6.54. The fourth-order valence-electron chi connectivity index (χ4n) is 1.85. The molecule has 0 saturated carbocycles. The summed E-state index contributed by atoms with van der Waals surface area (Å²) in [5.74, 6) is -0.291. The van der Waals surface area contributed by atoms with Crippen LogP contribution < -0.4 is 10.6 Å². The summed E-state index contributed by atoms with van der Waals surface area (Å²) >= 11 is 0. The first-order chi connectivity index (χ1) is 10.4. The number of hydrogen-bond acceptors (Lipinski definition) is 3. The number of aliphatic hydroxyl groups excluding tert-OH is 1. The van der Waals surface area contributed by atoms with Gasteiger partial charge in [0.2, 0.25) is 5.91 Å². The SMILES string of the molecule is CC(C)=CC(=O)NCc1ccc(C(=O)NC(C)CCO)cc1. The monoisotopic (exact) mass is 304 g/mol. The fourth-order valence-corrected chi connectivity index (χ4v) is 1.85. The van der Waals surface area contributed by atoms with Gasteiger partial charge in [0.05, 0.1) is 0 Å². The third-order valence-corrected chi connectivity index (χ3v) is 3.04. The van der Waals surface area contributed by atoms with Gasteiger partial charge in [-0.25, -0.2) is 0 Å². The summed E-state index contributed by atoms with van der Waals surface area (Å²) in [5.41, 5.74) is 2.43. The Morgan fingerprint density at radius 2 is 1.86 bits per heavy atom. The molecule has 0 heterocycles. The highest BCUT2D eigenvalue weighted by Gasteiger charge is 2.09. The van der Waals surface area contributed by atoms with Gasteiger partial charge in [-0.05, 0) is 44.9 Å². The number of benzene rings is 1. The molecule has 22 heavy (non-hydrogen) atoms. The summed E-state index contributed by atoms with van der Waals surface area (Å²) in [4.78, 5) is 23.5. The first-order valence-electron chi connectivity index (χ1n) is 7.35. The van der Waals surface area contributed by atoms with Crippen molar-refractivity contribution in [1.29, 1.82) is 0 Å². The second-order valence-electron chi connectivity index (χ2n) is 5.52. The molecule has 0 aliphatic rings. The molecule has 2 amide bonds. The Morgan fingerprint density at radius 3 is 2.41 bits per heavy atom. The van der Waals surface area contributed by atoms with Gasteiger partial charge in [0.25, 0.3) is 5.91 Å². The zero-order valence-electron chi connectivity index (χ0n) is 13.3. The first kappa shape index (κ1) is 17.9. The molecule has 5 heteroatoms. The Balaban J connectivity index is 2.54. The van der Waals surface area contributed by atoms with Crippen LogP contribution in [0.5, 0.6) is 0 Å². The van der Waals surface area contributed by atoms with Crippen molar-refractivity contribution < 1.29 is 14.7 Å². The van der Waals surface area contributed by atoms with Crippen LogP contribution in [0.3, 0.4) is 0 Å². The van der Waals surface area contributed by atoms with Crippen molar-refractivity contribution >= 4 is 11.8 Å². The lowest BCUT2D eigenvalue weighted by molar-refractivity contribution is -0.116. The molecule has 120 valence electrons. The standard InChI is InChI=1S/C17H24N2O3/c1-12(2)10-16(21)18-11-14-4-6-15(7-5-14)17(22)19-13(3)8-9-20/h4-7,10,13,20H,8-9,11H2,1-3H3,(H,18,21)(H,19,22). The van der Waals surface area contributed by atoms with Gasteiger partial charge in [-0.15, -0.1) is 0 Å². The molecule has 3 N–H and O–H groups in total. The van der Waals surface area contributed by atoms with Crippen LogP contribution in [0.4, 0.5) is 0 Å². The summed E-state index contributed by atoms with van der Waals surface area (Å²) < 4.78 is 0. The largest absolute Gasteiger partial charge is 0.396 e. The molecule has 0 saturated heterocycles. The Labute approximate surface area is 131 Å². The Bertz CT molecular complexity index is 531. The normalized spacial score (nSPS) is 11.5. The molecule has 1 rings (SSSR count). The number of carbonyl (C=O) groups excluding carboxylic acids is 2. The minimum absolute atomic E-state index is 0.0474. The van der Waals surface area contributed by atoms with Crippen molar-refractivity contribution in [1.82, 2.24) is 10.6 Å². The van der Waals surface area contributed by atoms with Gasteiger partial charge in [-0.2, -0.15) is 0 Å². The molecule has 1 aromatic rings. The molecule has 0 bridgehead atoms. The van der Waals surface area contributed by atoms with Crippen molar-refractivity contribution in [2.24, 2.45) is 0 Å². The van der Waals surface area contributed by atoms with Gasteiger partial charge < -0.3 is 15.7 Å². The number of nitrogens with one attached hydrogen (secondary N) is 2. The molecular weight excluding hydrogens is 280 g/mol. The maximum atomic E-state index is 12.0. The number of amides is 2. The van der Waals surface area contributed by atoms with E-state index in [1.165, 1.54) is 0 Å². The minimum Gasteiger partial charge on any atom is -0.396 e. The predicted molar refractivity (Wildman–Crippen MR) is 86.4 cm³/mol. The van der Waals surface area contributed by atoms with Gasteiger partial charge >= 0.3 is 0 Å². The van der Waals surface area contributed by atoms with Crippen molar-refractivity contribution in [3.05, 3.63) is 47.0 Å². The summed E-state index contributed by atoms with van der Waals surface area (Å²) in [7, 11) is 0. The lowest BCUT2D eigenvalue weighted by Crippen LogP contribution is -2.33. The minimum atomic E-state index is -0.166. The molecule has 1 unspecified atom stereocenters. The fraction of sp³-hybridized carbons (Fsp3) is 0.412. The van der Waals surface area contributed by atoms with Crippen molar-refractivity contribution in [3.8, 4) is 0 Å². The predicted octanol–water partition coefficient (Wildman–Crippen LogP) is 1.77. The van der Waals surface area contributed by atoms with E-state index in [2.05, 4.69) is 10.6 Å². The van der Waals surface area contributed by atoms with E-state index in [9.17, 15) is 9.59 Å². The van der Waals surface area contributed by atoms with Crippen molar-refractivity contribution in [3.63, 3.8) is 0 Å². The van der Waals surface area contributed by atoms with Crippen LogP contribution in [-0.2, 0) is 11.3 Å². The average molecular weight is 304 g/mol.